The van der Waals surface area contributed by atoms with Crippen LogP contribution in [0, 0.1) is 5.82 Å². The van der Waals surface area contributed by atoms with E-state index in [2.05, 4.69) is 4.98 Å². The van der Waals surface area contributed by atoms with Crippen molar-refractivity contribution in [2.24, 2.45) is 0 Å². The molecule has 0 N–H and O–H groups in total. The second-order valence-electron chi connectivity index (χ2n) is 3.06. The van der Waals surface area contributed by atoms with E-state index in [1.807, 2.05) is 5.38 Å². The molecule has 0 spiro atoms. The molecule has 0 radical (unpaired) electrons. The number of methoxy groups -OCH3 is 1. The average Bonchev–Trinajstić information content (AvgIpc) is 2.68. The molecule has 15 heavy (non-hydrogen) atoms. The number of thiazole rings is 1. The summed E-state index contributed by atoms with van der Waals surface area (Å²) in [6.45, 7) is 0.463. The van der Waals surface area contributed by atoms with Gasteiger partial charge in [-0.15, -0.1) is 11.3 Å². The van der Waals surface area contributed by atoms with Crippen LogP contribution in [0.15, 0.2) is 29.6 Å². The van der Waals surface area contributed by atoms with Crippen molar-refractivity contribution >= 4 is 11.3 Å². The molecule has 2 nitrogen and oxygen atoms in total. The molecule has 0 saturated heterocycles. The maximum atomic E-state index is 13.4. The van der Waals surface area contributed by atoms with E-state index in [4.69, 9.17) is 4.74 Å². The van der Waals surface area contributed by atoms with Gasteiger partial charge in [0, 0.05) is 18.1 Å². The van der Waals surface area contributed by atoms with Crippen LogP contribution in [0.2, 0.25) is 0 Å². The van der Waals surface area contributed by atoms with E-state index in [1.54, 1.807) is 25.3 Å². The van der Waals surface area contributed by atoms with Gasteiger partial charge in [-0.2, -0.15) is 0 Å². The van der Waals surface area contributed by atoms with Gasteiger partial charge in [0.1, 0.15) is 10.8 Å². The maximum absolute atomic E-state index is 13.4. The van der Waals surface area contributed by atoms with Gasteiger partial charge < -0.3 is 4.74 Å². The molecule has 0 unspecified atom stereocenters. The van der Waals surface area contributed by atoms with Crippen molar-refractivity contribution in [3.8, 4) is 10.6 Å². The van der Waals surface area contributed by atoms with Crippen LogP contribution in [-0.4, -0.2) is 12.1 Å². The largest absolute Gasteiger partial charge is 0.378 e. The quantitative estimate of drug-likeness (QED) is 0.797. The van der Waals surface area contributed by atoms with Crippen molar-refractivity contribution in [2.75, 3.05) is 7.11 Å². The van der Waals surface area contributed by atoms with Gasteiger partial charge in [-0.25, -0.2) is 9.37 Å². The molecule has 0 saturated carbocycles. The zero-order chi connectivity index (χ0) is 10.7. The van der Waals surface area contributed by atoms with Crippen LogP contribution in [0.1, 0.15) is 5.69 Å². The van der Waals surface area contributed by atoms with E-state index in [1.165, 1.54) is 17.4 Å². The summed E-state index contributed by atoms with van der Waals surface area (Å²) in [6.07, 6.45) is 0. The predicted molar refractivity (Wildman–Crippen MR) is 58.2 cm³/mol. The third kappa shape index (κ3) is 2.22. The monoisotopic (exact) mass is 223 g/mol. The van der Waals surface area contributed by atoms with Crippen LogP contribution in [0.4, 0.5) is 4.39 Å². The summed E-state index contributed by atoms with van der Waals surface area (Å²) in [5, 5.41) is 2.57. The Morgan fingerprint density at radius 2 is 2.20 bits per heavy atom. The molecular formula is C11H10FNOS. The van der Waals surface area contributed by atoms with Gasteiger partial charge >= 0.3 is 0 Å². The lowest BCUT2D eigenvalue weighted by atomic mass is 10.2. The van der Waals surface area contributed by atoms with Gasteiger partial charge in [0.15, 0.2) is 0 Å². The highest BCUT2D eigenvalue weighted by atomic mass is 32.1. The number of rotatable bonds is 3. The summed E-state index contributed by atoms with van der Waals surface area (Å²) in [7, 11) is 1.61. The molecule has 0 bridgehead atoms. The highest BCUT2D eigenvalue weighted by Gasteiger charge is 2.08. The number of halogens is 1. The number of nitrogens with zero attached hydrogens (tertiary/aromatic N) is 1. The van der Waals surface area contributed by atoms with E-state index >= 15 is 0 Å². The number of ether oxygens (including phenoxy) is 1. The van der Waals surface area contributed by atoms with E-state index in [0.29, 0.717) is 17.2 Å². The Bertz CT molecular complexity index is 455. The summed E-state index contributed by atoms with van der Waals surface area (Å²) >= 11 is 1.43. The lowest BCUT2D eigenvalue weighted by Crippen LogP contribution is -1.88. The fraction of sp³-hybridized carbons (Fsp3) is 0.182. The second kappa shape index (κ2) is 4.51. The maximum Gasteiger partial charge on any atom is 0.133 e. The zero-order valence-corrected chi connectivity index (χ0v) is 9.05. The molecular weight excluding hydrogens is 213 g/mol. The van der Waals surface area contributed by atoms with Crippen molar-refractivity contribution in [3.63, 3.8) is 0 Å². The first kappa shape index (κ1) is 10.3. The minimum absolute atomic E-state index is 0.240. The highest BCUT2D eigenvalue weighted by molar-refractivity contribution is 7.13. The van der Waals surface area contributed by atoms with Crippen molar-refractivity contribution in [2.45, 2.75) is 6.61 Å². The molecule has 1 aromatic carbocycles. The molecule has 0 amide bonds. The molecule has 0 aliphatic heterocycles. The first-order chi connectivity index (χ1) is 7.31. The van der Waals surface area contributed by atoms with Crippen LogP contribution in [-0.2, 0) is 11.3 Å². The number of benzene rings is 1. The molecule has 0 atom stereocenters. The summed E-state index contributed by atoms with van der Waals surface area (Å²) < 4.78 is 18.4. The van der Waals surface area contributed by atoms with Crippen LogP contribution >= 0.6 is 11.3 Å². The number of hydrogen-bond donors (Lipinski definition) is 0. The minimum Gasteiger partial charge on any atom is -0.378 e. The van der Waals surface area contributed by atoms with Gasteiger partial charge in [-0.3, -0.25) is 0 Å². The van der Waals surface area contributed by atoms with Gasteiger partial charge in [-0.05, 0) is 12.1 Å². The van der Waals surface area contributed by atoms with Crippen LogP contribution in [0.5, 0.6) is 0 Å². The lowest BCUT2D eigenvalue weighted by molar-refractivity contribution is 0.182. The van der Waals surface area contributed by atoms with Crippen LogP contribution in [0.25, 0.3) is 10.6 Å². The summed E-state index contributed by atoms with van der Waals surface area (Å²) in [5.41, 5.74) is 1.38. The number of aromatic nitrogens is 1. The first-order valence-corrected chi connectivity index (χ1v) is 5.37. The molecule has 78 valence electrons. The topological polar surface area (TPSA) is 22.1 Å². The SMILES string of the molecule is COCc1csc(-c2ccccc2F)n1. The molecule has 2 aromatic rings. The Labute approximate surface area is 91.4 Å². The van der Waals surface area contributed by atoms with Crippen molar-refractivity contribution < 1.29 is 9.13 Å². The normalized spacial score (nSPS) is 10.5. The molecule has 2 rings (SSSR count). The summed E-state index contributed by atoms with van der Waals surface area (Å²) in [5.74, 6) is -0.240. The Morgan fingerprint density at radius 1 is 1.40 bits per heavy atom. The smallest absolute Gasteiger partial charge is 0.133 e. The van der Waals surface area contributed by atoms with Crippen molar-refractivity contribution in [1.82, 2.24) is 4.98 Å². The van der Waals surface area contributed by atoms with Gasteiger partial charge in [0.05, 0.1) is 12.3 Å². The molecule has 0 aliphatic carbocycles. The third-order valence-corrected chi connectivity index (χ3v) is 2.87. The van der Waals surface area contributed by atoms with Crippen LogP contribution in [0.3, 0.4) is 0 Å². The lowest BCUT2D eigenvalue weighted by Gasteiger charge is -1.97. The fourth-order valence-electron chi connectivity index (χ4n) is 1.28. The van der Waals surface area contributed by atoms with E-state index in [0.717, 1.165) is 5.69 Å². The van der Waals surface area contributed by atoms with E-state index < -0.39 is 0 Å². The first-order valence-electron chi connectivity index (χ1n) is 4.49. The van der Waals surface area contributed by atoms with Crippen molar-refractivity contribution in [1.29, 1.82) is 0 Å². The number of hydrogen-bond acceptors (Lipinski definition) is 3. The predicted octanol–water partition coefficient (Wildman–Crippen LogP) is 3.10. The second-order valence-corrected chi connectivity index (χ2v) is 3.91. The molecule has 4 heteroatoms. The van der Waals surface area contributed by atoms with Crippen molar-refractivity contribution in [3.05, 3.63) is 41.2 Å². The third-order valence-electron chi connectivity index (χ3n) is 1.95. The summed E-state index contributed by atoms with van der Waals surface area (Å²) in [4.78, 5) is 4.28. The Hall–Kier alpha value is -1.26. The fourth-order valence-corrected chi connectivity index (χ4v) is 2.11. The molecule has 0 fully saturated rings. The Balaban J connectivity index is 2.33. The Kier molecular flexibility index (Phi) is 3.08. The molecule has 0 aliphatic rings. The molecule has 1 heterocycles. The Morgan fingerprint density at radius 3 is 2.93 bits per heavy atom. The van der Waals surface area contributed by atoms with Gasteiger partial charge in [0.2, 0.25) is 0 Å². The van der Waals surface area contributed by atoms with Gasteiger partial charge in [0.25, 0.3) is 0 Å². The zero-order valence-electron chi connectivity index (χ0n) is 8.24. The minimum atomic E-state index is -0.240. The van der Waals surface area contributed by atoms with Crippen LogP contribution < -0.4 is 0 Å². The summed E-state index contributed by atoms with van der Waals surface area (Å²) in [6, 6.07) is 6.63. The van der Waals surface area contributed by atoms with Gasteiger partial charge in [-0.1, -0.05) is 12.1 Å². The van der Waals surface area contributed by atoms with E-state index in [9.17, 15) is 4.39 Å². The van der Waals surface area contributed by atoms with E-state index in [-0.39, 0.29) is 5.82 Å². The average molecular weight is 223 g/mol. The standard InChI is InChI=1S/C11H10FNOS/c1-14-6-8-7-15-11(13-8)9-4-2-3-5-10(9)12/h2-5,7H,6H2,1H3. The highest BCUT2D eigenvalue weighted by Crippen LogP contribution is 2.26. The molecule has 1 aromatic heterocycles.